The van der Waals surface area contributed by atoms with Gasteiger partial charge in [0.1, 0.15) is 5.82 Å². The summed E-state index contributed by atoms with van der Waals surface area (Å²) in [5, 5.41) is 3.34. The lowest BCUT2D eigenvalue weighted by Gasteiger charge is -2.14. The Morgan fingerprint density at radius 1 is 1.32 bits per heavy atom. The van der Waals surface area contributed by atoms with Crippen LogP contribution >= 0.6 is 0 Å². The molecule has 1 fully saturated rings. The summed E-state index contributed by atoms with van der Waals surface area (Å²) in [6, 6.07) is 0. The van der Waals surface area contributed by atoms with E-state index in [9.17, 15) is 0 Å². The molecular weight excluding hydrogens is 240 g/mol. The van der Waals surface area contributed by atoms with Crippen molar-refractivity contribution in [3.63, 3.8) is 0 Å². The number of imidazole rings is 1. The predicted octanol–water partition coefficient (Wildman–Crippen LogP) is 1.21. The van der Waals surface area contributed by atoms with Gasteiger partial charge in [0.2, 0.25) is 0 Å². The summed E-state index contributed by atoms with van der Waals surface area (Å²) in [6.07, 6.45) is 9.22. The minimum Gasteiger partial charge on any atom is -0.382 e. The monoisotopic (exact) mass is 260 g/mol. The zero-order chi connectivity index (χ0) is 13.1. The summed E-state index contributed by atoms with van der Waals surface area (Å²) in [5.74, 6) is 1.28. The molecule has 6 nitrogen and oxygen atoms in total. The number of fused-ring (bicyclic) bond motifs is 1. The number of nitrogens with two attached hydrogens (primary N) is 1. The van der Waals surface area contributed by atoms with E-state index >= 15 is 0 Å². The molecule has 2 aromatic heterocycles. The molecular formula is C13H20N6. The summed E-state index contributed by atoms with van der Waals surface area (Å²) >= 11 is 0. The van der Waals surface area contributed by atoms with Crippen molar-refractivity contribution in [3.8, 4) is 0 Å². The highest BCUT2D eigenvalue weighted by Crippen LogP contribution is 2.14. The number of nitrogen functional groups attached to an aromatic ring is 1. The van der Waals surface area contributed by atoms with Crippen molar-refractivity contribution >= 4 is 17.3 Å². The molecule has 0 spiro atoms. The van der Waals surface area contributed by atoms with Crippen molar-refractivity contribution in [2.24, 2.45) is 0 Å². The molecule has 3 N–H and O–H groups in total. The lowest BCUT2D eigenvalue weighted by molar-refractivity contribution is 0.337. The molecule has 2 aromatic rings. The summed E-state index contributed by atoms with van der Waals surface area (Å²) in [4.78, 5) is 11.1. The fraction of sp³-hybridized carbons (Fsp3) is 0.538. The third kappa shape index (κ3) is 2.78. The van der Waals surface area contributed by atoms with E-state index in [4.69, 9.17) is 5.73 Å². The largest absolute Gasteiger partial charge is 0.382 e. The van der Waals surface area contributed by atoms with Crippen LogP contribution in [0.5, 0.6) is 0 Å². The highest BCUT2D eigenvalue weighted by atomic mass is 15.1. The standard InChI is InChI=1S/C13H20N6/c14-11-10-19-9-5-16-13(19)12(17-11)15-4-3-8-18-6-1-2-7-18/h5,9-10H,1-4,6-8,14H2,(H,15,17). The third-order valence-electron chi connectivity index (χ3n) is 3.53. The van der Waals surface area contributed by atoms with Crippen molar-refractivity contribution in [3.05, 3.63) is 18.6 Å². The van der Waals surface area contributed by atoms with Crippen LogP contribution in [0, 0.1) is 0 Å². The van der Waals surface area contributed by atoms with E-state index in [0.29, 0.717) is 5.82 Å². The molecule has 0 bridgehead atoms. The third-order valence-corrected chi connectivity index (χ3v) is 3.53. The molecule has 102 valence electrons. The van der Waals surface area contributed by atoms with Crippen molar-refractivity contribution in [2.45, 2.75) is 19.3 Å². The van der Waals surface area contributed by atoms with Crippen LogP contribution < -0.4 is 11.1 Å². The maximum absolute atomic E-state index is 5.78. The van der Waals surface area contributed by atoms with Crippen molar-refractivity contribution in [2.75, 3.05) is 37.2 Å². The smallest absolute Gasteiger partial charge is 0.180 e. The number of likely N-dealkylation sites (tertiary alicyclic amines) is 1. The predicted molar refractivity (Wildman–Crippen MR) is 76.2 cm³/mol. The van der Waals surface area contributed by atoms with Crippen LogP contribution in [-0.2, 0) is 0 Å². The van der Waals surface area contributed by atoms with Gasteiger partial charge in [0.25, 0.3) is 0 Å². The van der Waals surface area contributed by atoms with Gasteiger partial charge in [-0.05, 0) is 38.9 Å². The Hall–Kier alpha value is -1.82. The molecule has 19 heavy (non-hydrogen) atoms. The number of nitrogens with one attached hydrogen (secondary N) is 1. The molecule has 0 amide bonds. The topological polar surface area (TPSA) is 71.5 Å². The van der Waals surface area contributed by atoms with Crippen molar-refractivity contribution in [1.29, 1.82) is 0 Å². The summed E-state index contributed by atoms with van der Waals surface area (Å²) in [5.41, 5.74) is 6.61. The molecule has 3 rings (SSSR count). The summed E-state index contributed by atoms with van der Waals surface area (Å²) in [6.45, 7) is 4.55. The van der Waals surface area contributed by atoms with E-state index in [0.717, 1.165) is 31.0 Å². The number of hydrogen-bond donors (Lipinski definition) is 2. The lowest BCUT2D eigenvalue weighted by atomic mass is 10.4. The molecule has 1 aliphatic rings. The summed E-state index contributed by atoms with van der Waals surface area (Å²) < 4.78 is 1.89. The number of anilines is 2. The molecule has 0 aromatic carbocycles. The van der Waals surface area contributed by atoms with E-state index in [1.807, 2.05) is 10.6 Å². The minimum absolute atomic E-state index is 0.507. The number of hydrogen-bond acceptors (Lipinski definition) is 5. The highest BCUT2D eigenvalue weighted by Gasteiger charge is 2.10. The Labute approximate surface area is 112 Å². The first-order chi connectivity index (χ1) is 9.33. The van der Waals surface area contributed by atoms with Gasteiger partial charge in [-0.3, -0.25) is 0 Å². The van der Waals surface area contributed by atoms with Crippen LogP contribution in [0.3, 0.4) is 0 Å². The van der Waals surface area contributed by atoms with Gasteiger partial charge in [0.05, 0.1) is 6.20 Å². The van der Waals surface area contributed by atoms with Crippen LogP contribution in [-0.4, -0.2) is 45.4 Å². The Morgan fingerprint density at radius 3 is 3.00 bits per heavy atom. The van der Waals surface area contributed by atoms with Crippen molar-refractivity contribution < 1.29 is 0 Å². The van der Waals surface area contributed by atoms with Gasteiger partial charge < -0.3 is 20.4 Å². The first kappa shape index (κ1) is 12.2. The zero-order valence-corrected chi connectivity index (χ0v) is 11.0. The Kier molecular flexibility index (Phi) is 3.50. The highest BCUT2D eigenvalue weighted by molar-refractivity contribution is 5.64. The second-order valence-corrected chi connectivity index (χ2v) is 5.00. The maximum Gasteiger partial charge on any atom is 0.180 e. The van der Waals surface area contributed by atoms with Gasteiger partial charge in [-0.1, -0.05) is 0 Å². The zero-order valence-electron chi connectivity index (χ0n) is 11.0. The first-order valence-electron chi connectivity index (χ1n) is 6.88. The quantitative estimate of drug-likeness (QED) is 0.791. The molecule has 1 saturated heterocycles. The SMILES string of the molecule is Nc1cn2ccnc2c(NCCCN2CCCC2)n1. The number of aromatic nitrogens is 3. The van der Waals surface area contributed by atoms with Gasteiger partial charge >= 0.3 is 0 Å². The average molecular weight is 260 g/mol. The van der Waals surface area contributed by atoms with E-state index < -0.39 is 0 Å². The molecule has 0 unspecified atom stereocenters. The van der Waals surface area contributed by atoms with Crippen LogP contribution in [0.25, 0.3) is 5.65 Å². The van der Waals surface area contributed by atoms with E-state index in [2.05, 4.69) is 20.2 Å². The summed E-state index contributed by atoms with van der Waals surface area (Å²) in [7, 11) is 0. The molecule has 6 heteroatoms. The fourth-order valence-electron chi connectivity index (χ4n) is 2.59. The van der Waals surface area contributed by atoms with Gasteiger partial charge in [-0.15, -0.1) is 0 Å². The van der Waals surface area contributed by atoms with Crippen LogP contribution in [0.2, 0.25) is 0 Å². The second-order valence-electron chi connectivity index (χ2n) is 5.00. The fourth-order valence-corrected chi connectivity index (χ4v) is 2.59. The molecule has 1 aliphatic heterocycles. The van der Waals surface area contributed by atoms with Gasteiger partial charge in [0, 0.05) is 18.9 Å². The molecule has 0 aliphatic carbocycles. The van der Waals surface area contributed by atoms with Crippen LogP contribution in [0.4, 0.5) is 11.6 Å². The average Bonchev–Trinajstić information content (AvgIpc) is 3.04. The normalized spacial score (nSPS) is 16.2. The van der Waals surface area contributed by atoms with E-state index in [-0.39, 0.29) is 0 Å². The molecule has 0 atom stereocenters. The second kappa shape index (κ2) is 5.44. The number of nitrogens with zero attached hydrogens (tertiary/aromatic N) is 4. The van der Waals surface area contributed by atoms with Gasteiger partial charge in [-0.25, -0.2) is 9.97 Å². The van der Waals surface area contributed by atoms with Gasteiger partial charge in [-0.2, -0.15) is 0 Å². The maximum atomic E-state index is 5.78. The van der Waals surface area contributed by atoms with E-state index in [1.165, 1.54) is 25.9 Å². The molecule has 0 saturated carbocycles. The number of rotatable bonds is 5. The van der Waals surface area contributed by atoms with E-state index in [1.54, 1.807) is 12.4 Å². The van der Waals surface area contributed by atoms with Crippen LogP contribution in [0.15, 0.2) is 18.6 Å². The minimum atomic E-state index is 0.507. The van der Waals surface area contributed by atoms with Crippen molar-refractivity contribution in [1.82, 2.24) is 19.3 Å². The Bertz CT molecular complexity index is 543. The first-order valence-corrected chi connectivity index (χ1v) is 6.88. The lowest BCUT2D eigenvalue weighted by Crippen LogP contribution is -2.22. The Balaban J connectivity index is 1.57. The van der Waals surface area contributed by atoms with Gasteiger partial charge in [0.15, 0.2) is 11.5 Å². The van der Waals surface area contributed by atoms with Crippen LogP contribution in [0.1, 0.15) is 19.3 Å². The molecule has 0 radical (unpaired) electrons. The molecule has 3 heterocycles. The Morgan fingerprint density at radius 2 is 2.16 bits per heavy atom.